The van der Waals surface area contributed by atoms with Gasteiger partial charge in [0, 0.05) is 6.04 Å². The predicted octanol–water partition coefficient (Wildman–Crippen LogP) is 3.86. The summed E-state index contributed by atoms with van der Waals surface area (Å²) >= 11 is 0. The molecule has 2 N–H and O–H groups in total. The van der Waals surface area contributed by atoms with E-state index >= 15 is 0 Å². The van der Waals surface area contributed by atoms with Crippen LogP contribution in [0.2, 0.25) is 0 Å². The van der Waals surface area contributed by atoms with Gasteiger partial charge in [-0.3, -0.25) is 0 Å². The molecular weight excluding hydrogens is 260 g/mol. The maximum atomic E-state index is 8.86. The summed E-state index contributed by atoms with van der Waals surface area (Å²) in [5.41, 5.74) is 9.94. The maximum Gasteiger partial charge on any atom is 0.119 e. The summed E-state index contributed by atoms with van der Waals surface area (Å²) in [6.07, 6.45) is 0.921. The first-order chi connectivity index (χ1) is 10.1. The van der Waals surface area contributed by atoms with Crippen LogP contribution in [0.15, 0.2) is 42.5 Å². The van der Waals surface area contributed by atoms with Crippen LogP contribution >= 0.6 is 0 Å². The van der Waals surface area contributed by atoms with Gasteiger partial charge in [0.1, 0.15) is 12.4 Å². The van der Waals surface area contributed by atoms with E-state index in [-0.39, 0.29) is 6.04 Å². The number of hydrogen-bond acceptors (Lipinski definition) is 3. The topological polar surface area (TPSA) is 59.0 Å². The summed E-state index contributed by atoms with van der Waals surface area (Å²) in [4.78, 5) is 0. The molecule has 0 aliphatic rings. The first-order valence-electron chi connectivity index (χ1n) is 7.12. The summed E-state index contributed by atoms with van der Waals surface area (Å²) in [5, 5.41) is 8.86. The van der Waals surface area contributed by atoms with Gasteiger partial charge in [0.2, 0.25) is 0 Å². The van der Waals surface area contributed by atoms with Crippen LogP contribution in [0.1, 0.15) is 41.6 Å². The average molecular weight is 280 g/mol. The molecule has 0 aromatic heterocycles. The van der Waals surface area contributed by atoms with Gasteiger partial charge in [0.05, 0.1) is 11.6 Å². The number of hydrogen-bond donors (Lipinski definition) is 1. The highest BCUT2D eigenvalue weighted by Crippen LogP contribution is 2.20. The van der Waals surface area contributed by atoms with Crippen molar-refractivity contribution in [3.8, 4) is 11.8 Å². The Kier molecular flexibility index (Phi) is 4.97. The highest BCUT2D eigenvalue weighted by atomic mass is 16.5. The van der Waals surface area contributed by atoms with Crippen molar-refractivity contribution >= 4 is 0 Å². The van der Waals surface area contributed by atoms with E-state index in [9.17, 15) is 0 Å². The standard InChI is InChI=1S/C18H20N2O/c1-3-18(20)15-6-8-17(9-7-15)21-12-16-5-4-14(11-19)10-13(16)2/h4-10,18H,3,12,20H2,1-2H3. The van der Waals surface area contributed by atoms with Gasteiger partial charge in [-0.05, 0) is 54.3 Å². The molecule has 108 valence electrons. The minimum atomic E-state index is 0.0832. The second-order valence-corrected chi connectivity index (χ2v) is 5.13. The van der Waals surface area contributed by atoms with E-state index in [1.165, 1.54) is 0 Å². The Morgan fingerprint density at radius 3 is 2.48 bits per heavy atom. The van der Waals surface area contributed by atoms with Crippen molar-refractivity contribution in [2.75, 3.05) is 0 Å². The highest BCUT2D eigenvalue weighted by Gasteiger charge is 2.04. The van der Waals surface area contributed by atoms with E-state index in [2.05, 4.69) is 13.0 Å². The van der Waals surface area contributed by atoms with Crippen LogP contribution in [0.3, 0.4) is 0 Å². The molecule has 0 amide bonds. The Morgan fingerprint density at radius 2 is 1.90 bits per heavy atom. The smallest absolute Gasteiger partial charge is 0.119 e. The Balaban J connectivity index is 2.02. The van der Waals surface area contributed by atoms with Crippen molar-refractivity contribution in [3.05, 3.63) is 64.7 Å². The Morgan fingerprint density at radius 1 is 1.19 bits per heavy atom. The first kappa shape index (κ1) is 15.1. The fraction of sp³-hybridized carbons (Fsp3) is 0.278. The molecule has 21 heavy (non-hydrogen) atoms. The van der Waals surface area contributed by atoms with Crippen LogP contribution in [0, 0.1) is 18.3 Å². The Labute approximate surface area is 126 Å². The number of rotatable bonds is 5. The molecule has 0 saturated carbocycles. The van der Waals surface area contributed by atoms with E-state index in [1.54, 1.807) is 0 Å². The summed E-state index contributed by atoms with van der Waals surface area (Å²) in [7, 11) is 0. The first-order valence-corrected chi connectivity index (χ1v) is 7.12. The van der Waals surface area contributed by atoms with Gasteiger partial charge in [-0.1, -0.05) is 25.1 Å². The molecule has 3 nitrogen and oxygen atoms in total. The van der Waals surface area contributed by atoms with Gasteiger partial charge in [0.15, 0.2) is 0 Å². The maximum absolute atomic E-state index is 8.86. The molecule has 0 spiro atoms. The van der Waals surface area contributed by atoms with Crippen molar-refractivity contribution in [1.82, 2.24) is 0 Å². The van der Waals surface area contributed by atoms with E-state index in [0.29, 0.717) is 12.2 Å². The monoisotopic (exact) mass is 280 g/mol. The van der Waals surface area contributed by atoms with Crippen LogP contribution in [-0.2, 0) is 6.61 Å². The van der Waals surface area contributed by atoms with Crippen molar-refractivity contribution in [1.29, 1.82) is 5.26 Å². The lowest BCUT2D eigenvalue weighted by Crippen LogP contribution is -2.08. The second-order valence-electron chi connectivity index (χ2n) is 5.13. The van der Waals surface area contributed by atoms with Crippen LogP contribution in [0.4, 0.5) is 0 Å². The van der Waals surface area contributed by atoms with E-state index in [1.807, 2.05) is 49.4 Å². The third-order valence-corrected chi connectivity index (χ3v) is 3.61. The van der Waals surface area contributed by atoms with E-state index in [4.69, 9.17) is 15.7 Å². The zero-order chi connectivity index (χ0) is 15.2. The van der Waals surface area contributed by atoms with Crippen LogP contribution in [-0.4, -0.2) is 0 Å². The molecule has 3 heteroatoms. The van der Waals surface area contributed by atoms with Gasteiger partial charge in [-0.15, -0.1) is 0 Å². The molecule has 0 fully saturated rings. The average Bonchev–Trinajstić information content (AvgIpc) is 2.53. The zero-order valence-electron chi connectivity index (χ0n) is 12.5. The third kappa shape index (κ3) is 3.84. The molecule has 2 aromatic rings. The van der Waals surface area contributed by atoms with E-state index < -0.39 is 0 Å². The quantitative estimate of drug-likeness (QED) is 0.904. The number of ether oxygens (including phenoxy) is 1. The van der Waals surface area contributed by atoms with Crippen molar-refractivity contribution in [3.63, 3.8) is 0 Å². The number of aryl methyl sites for hydroxylation is 1. The van der Waals surface area contributed by atoms with Gasteiger partial charge in [0.25, 0.3) is 0 Å². The second kappa shape index (κ2) is 6.92. The van der Waals surface area contributed by atoms with Crippen LogP contribution in [0.5, 0.6) is 5.75 Å². The number of nitrogens with zero attached hydrogens (tertiary/aromatic N) is 1. The van der Waals surface area contributed by atoms with Gasteiger partial charge < -0.3 is 10.5 Å². The fourth-order valence-electron chi connectivity index (χ4n) is 2.14. The molecule has 2 aromatic carbocycles. The Bertz CT molecular complexity index is 641. The lowest BCUT2D eigenvalue weighted by Gasteiger charge is -2.12. The molecule has 0 bridgehead atoms. The summed E-state index contributed by atoms with van der Waals surface area (Å²) in [6.45, 7) is 4.56. The molecule has 0 aliphatic heterocycles. The number of benzene rings is 2. The normalized spacial score (nSPS) is 11.7. The summed E-state index contributed by atoms with van der Waals surface area (Å²) in [5.74, 6) is 0.825. The van der Waals surface area contributed by atoms with Crippen molar-refractivity contribution in [2.45, 2.75) is 32.9 Å². The van der Waals surface area contributed by atoms with E-state index in [0.717, 1.165) is 28.9 Å². The molecule has 0 radical (unpaired) electrons. The van der Waals surface area contributed by atoms with Crippen LogP contribution in [0.25, 0.3) is 0 Å². The molecule has 1 atom stereocenters. The van der Waals surface area contributed by atoms with Crippen LogP contribution < -0.4 is 10.5 Å². The molecule has 0 aliphatic carbocycles. The summed E-state index contributed by atoms with van der Waals surface area (Å²) < 4.78 is 5.79. The van der Waals surface area contributed by atoms with Crippen molar-refractivity contribution in [2.24, 2.45) is 5.73 Å². The molecule has 2 rings (SSSR count). The number of nitriles is 1. The Hall–Kier alpha value is -2.31. The molecular formula is C18H20N2O. The number of nitrogens with two attached hydrogens (primary N) is 1. The third-order valence-electron chi connectivity index (χ3n) is 3.61. The van der Waals surface area contributed by atoms with Crippen molar-refractivity contribution < 1.29 is 4.74 Å². The lowest BCUT2D eigenvalue weighted by atomic mass is 10.1. The minimum absolute atomic E-state index is 0.0832. The SMILES string of the molecule is CCC(N)c1ccc(OCc2ccc(C#N)cc2C)cc1. The van der Waals surface area contributed by atoms with Gasteiger partial charge >= 0.3 is 0 Å². The summed E-state index contributed by atoms with van der Waals surface area (Å²) in [6, 6.07) is 15.8. The lowest BCUT2D eigenvalue weighted by molar-refractivity contribution is 0.305. The fourth-order valence-corrected chi connectivity index (χ4v) is 2.14. The predicted molar refractivity (Wildman–Crippen MR) is 83.9 cm³/mol. The van der Waals surface area contributed by atoms with Gasteiger partial charge in [-0.25, -0.2) is 0 Å². The molecule has 1 unspecified atom stereocenters. The largest absolute Gasteiger partial charge is 0.489 e. The van der Waals surface area contributed by atoms with Gasteiger partial charge in [-0.2, -0.15) is 5.26 Å². The highest BCUT2D eigenvalue weighted by molar-refractivity contribution is 5.37. The zero-order valence-corrected chi connectivity index (χ0v) is 12.5. The molecule has 0 saturated heterocycles. The minimum Gasteiger partial charge on any atom is -0.489 e. The molecule has 0 heterocycles.